The van der Waals surface area contributed by atoms with Gasteiger partial charge in [0.2, 0.25) is 5.91 Å². The number of nitrogens with two attached hydrogens (primary N) is 1. The summed E-state index contributed by atoms with van der Waals surface area (Å²) in [6, 6.07) is 8.66. The second-order valence-electron chi connectivity index (χ2n) is 7.33. The minimum absolute atomic E-state index is 0.0534. The van der Waals surface area contributed by atoms with E-state index in [2.05, 4.69) is 0 Å². The maximum Gasteiger partial charge on any atom is 0.411 e. The minimum atomic E-state index is -0.944. The van der Waals surface area contributed by atoms with Crippen LogP contribution in [0.4, 0.5) is 4.79 Å². The molecular weight excluding hydrogens is 334 g/mol. The molecule has 7 heteroatoms. The van der Waals surface area contributed by atoms with Gasteiger partial charge in [0.1, 0.15) is 12.1 Å². The first-order valence-electron chi connectivity index (χ1n) is 8.96. The Morgan fingerprint density at radius 1 is 1.27 bits per heavy atom. The zero-order valence-electron chi connectivity index (χ0n) is 15.2. The van der Waals surface area contributed by atoms with Crippen LogP contribution in [0.5, 0.6) is 0 Å². The molecule has 7 nitrogen and oxygen atoms in total. The molecule has 3 rings (SSSR count). The first-order valence-corrected chi connectivity index (χ1v) is 8.96. The second-order valence-corrected chi connectivity index (χ2v) is 7.33. The molecule has 2 N–H and O–H groups in total. The second kappa shape index (κ2) is 7.07. The van der Waals surface area contributed by atoms with Crippen molar-refractivity contribution in [2.45, 2.75) is 44.9 Å². The lowest BCUT2D eigenvalue weighted by atomic mass is 9.84. The number of amides is 3. The monoisotopic (exact) mass is 359 g/mol. The third kappa shape index (κ3) is 3.07. The summed E-state index contributed by atoms with van der Waals surface area (Å²) in [5, 5.41) is 0. The molecule has 2 unspecified atom stereocenters. The quantitative estimate of drug-likeness (QED) is 0.823. The molecule has 2 aliphatic heterocycles. The fourth-order valence-electron chi connectivity index (χ4n) is 3.53. The van der Waals surface area contributed by atoms with E-state index in [1.165, 1.54) is 9.80 Å². The van der Waals surface area contributed by atoms with E-state index in [1.54, 1.807) is 0 Å². The van der Waals surface area contributed by atoms with Crippen LogP contribution >= 0.6 is 0 Å². The van der Waals surface area contributed by atoms with Gasteiger partial charge in [-0.1, -0.05) is 44.2 Å². The average molecular weight is 359 g/mol. The Hall–Kier alpha value is -2.41. The predicted octanol–water partition coefficient (Wildman–Crippen LogP) is 1.51. The third-order valence-corrected chi connectivity index (χ3v) is 5.25. The molecule has 2 atom stereocenters. The van der Waals surface area contributed by atoms with E-state index in [1.807, 2.05) is 44.2 Å². The van der Waals surface area contributed by atoms with Crippen LogP contribution in [-0.4, -0.2) is 52.4 Å². The highest BCUT2D eigenvalue weighted by molar-refractivity contribution is 6.08. The highest BCUT2D eigenvalue weighted by Gasteiger charge is 2.62. The summed E-state index contributed by atoms with van der Waals surface area (Å²) < 4.78 is 5.38. The first kappa shape index (κ1) is 18.4. The van der Waals surface area contributed by atoms with Crippen molar-refractivity contribution in [3.63, 3.8) is 0 Å². The molecule has 0 aliphatic carbocycles. The number of carbonyl (C=O) groups is 3. The number of carbonyl (C=O) groups excluding carboxylic acids is 3. The van der Waals surface area contributed by atoms with E-state index < -0.39 is 17.7 Å². The number of β-lactam (4-membered cyclic amide) rings is 1. The van der Waals surface area contributed by atoms with Crippen LogP contribution in [0.2, 0.25) is 0 Å². The number of hydrogen-bond donors (Lipinski definition) is 1. The van der Waals surface area contributed by atoms with Gasteiger partial charge in [0.15, 0.2) is 0 Å². The summed E-state index contributed by atoms with van der Waals surface area (Å²) in [6.45, 7) is 4.49. The van der Waals surface area contributed by atoms with Gasteiger partial charge in [0.05, 0.1) is 12.6 Å². The SMILES string of the molecule is CC(C)C(N)C(=O)N1CC2(CCCN2C(=O)OCc2ccccc2)C1=O. The van der Waals surface area contributed by atoms with Gasteiger partial charge < -0.3 is 10.5 Å². The zero-order chi connectivity index (χ0) is 18.9. The lowest BCUT2D eigenvalue weighted by molar-refractivity contribution is -0.169. The fourth-order valence-corrected chi connectivity index (χ4v) is 3.53. The lowest BCUT2D eigenvalue weighted by Crippen LogP contribution is -2.75. The number of rotatable bonds is 4. The zero-order valence-corrected chi connectivity index (χ0v) is 15.2. The van der Waals surface area contributed by atoms with Crippen LogP contribution in [0.15, 0.2) is 30.3 Å². The van der Waals surface area contributed by atoms with Crippen LogP contribution in [0.1, 0.15) is 32.3 Å². The number of benzene rings is 1. The standard InChI is InChI=1S/C19H25N3O4/c1-13(2)15(20)16(23)21-12-19(17(21)24)9-6-10-22(19)18(25)26-11-14-7-4-3-5-8-14/h3-5,7-8,13,15H,6,9-12,20H2,1-2H3. The molecule has 2 aliphatic rings. The number of hydrogen-bond acceptors (Lipinski definition) is 5. The van der Waals surface area contributed by atoms with Crippen molar-refractivity contribution in [2.24, 2.45) is 11.7 Å². The Labute approximate surface area is 153 Å². The van der Waals surface area contributed by atoms with Gasteiger partial charge in [0, 0.05) is 6.54 Å². The Balaban J connectivity index is 1.64. The molecule has 1 aromatic rings. The van der Waals surface area contributed by atoms with Gasteiger partial charge in [-0.15, -0.1) is 0 Å². The number of likely N-dealkylation sites (tertiary alicyclic amines) is 2. The molecule has 1 spiro atoms. The fraction of sp³-hybridized carbons (Fsp3) is 0.526. The molecule has 0 aromatic heterocycles. The molecule has 1 aromatic carbocycles. The summed E-state index contributed by atoms with van der Waals surface area (Å²) in [6.07, 6.45) is 0.747. The van der Waals surface area contributed by atoms with Crippen molar-refractivity contribution in [2.75, 3.05) is 13.1 Å². The van der Waals surface area contributed by atoms with Crippen molar-refractivity contribution in [1.29, 1.82) is 0 Å². The molecule has 26 heavy (non-hydrogen) atoms. The largest absolute Gasteiger partial charge is 0.445 e. The Morgan fingerprint density at radius 2 is 1.96 bits per heavy atom. The van der Waals surface area contributed by atoms with Gasteiger partial charge in [-0.05, 0) is 24.3 Å². The van der Waals surface area contributed by atoms with E-state index in [0.29, 0.717) is 19.4 Å². The third-order valence-electron chi connectivity index (χ3n) is 5.25. The Morgan fingerprint density at radius 3 is 2.58 bits per heavy atom. The molecule has 0 saturated carbocycles. The number of ether oxygens (including phenoxy) is 1. The van der Waals surface area contributed by atoms with Gasteiger partial charge in [-0.25, -0.2) is 4.79 Å². The topological polar surface area (TPSA) is 92.9 Å². The van der Waals surface area contributed by atoms with E-state index in [-0.39, 0.29) is 30.9 Å². The van der Waals surface area contributed by atoms with Gasteiger partial charge >= 0.3 is 6.09 Å². The normalized spacial score (nSPS) is 23.3. The Kier molecular flexibility index (Phi) is 5.00. The van der Waals surface area contributed by atoms with Crippen LogP contribution in [0, 0.1) is 5.92 Å². The van der Waals surface area contributed by atoms with Crippen LogP contribution in [0.25, 0.3) is 0 Å². The number of nitrogens with zero attached hydrogens (tertiary/aromatic N) is 2. The van der Waals surface area contributed by atoms with Crippen molar-refractivity contribution in [3.05, 3.63) is 35.9 Å². The van der Waals surface area contributed by atoms with Crippen LogP contribution in [-0.2, 0) is 20.9 Å². The molecule has 0 radical (unpaired) electrons. The molecule has 0 bridgehead atoms. The van der Waals surface area contributed by atoms with E-state index in [0.717, 1.165) is 5.56 Å². The molecule has 2 heterocycles. The molecular formula is C19H25N3O4. The average Bonchev–Trinajstić information content (AvgIpc) is 3.10. The molecule has 2 fully saturated rings. The van der Waals surface area contributed by atoms with Crippen molar-refractivity contribution >= 4 is 17.9 Å². The van der Waals surface area contributed by atoms with Gasteiger partial charge in [-0.2, -0.15) is 0 Å². The highest BCUT2D eigenvalue weighted by Crippen LogP contribution is 2.39. The summed E-state index contributed by atoms with van der Waals surface area (Å²) in [7, 11) is 0. The maximum absolute atomic E-state index is 12.7. The van der Waals surface area contributed by atoms with E-state index in [9.17, 15) is 14.4 Å². The summed E-state index contributed by atoms with van der Waals surface area (Å²) in [5.74, 6) is -0.768. The van der Waals surface area contributed by atoms with E-state index >= 15 is 0 Å². The van der Waals surface area contributed by atoms with Crippen LogP contribution < -0.4 is 5.73 Å². The summed E-state index contributed by atoms with van der Waals surface area (Å²) in [4.78, 5) is 40.3. The van der Waals surface area contributed by atoms with Crippen molar-refractivity contribution in [1.82, 2.24) is 9.80 Å². The van der Waals surface area contributed by atoms with Crippen molar-refractivity contribution < 1.29 is 19.1 Å². The minimum Gasteiger partial charge on any atom is -0.445 e. The predicted molar refractivity (Wildman–Crippen MR) is 94.8 cm³/mol. The molecule has 140 valence electrons. The smallest absolute Gasteiger partial charge is 0.411 e. The summed E-state index contributed by atoms with van der Waals surface area (Å²) in [5.41, 5.74) is 5.82. The van der Waals surface area contributed by atoms with Gasteiger partial charge in [0.25, 0.3) is 5.91 Å². The molecule has 2 saturated heterocycles. The molecule has 3 amide bonds. The van der Waals surface area contributed by atoms with Crippen LogP contribution in [0.3, 0.4) is 0 Å². The first-order chi connectivity index (χ1) is 12.4. The summed E-state index contributed by atoms with van der Waals surface area (Å²) >= 11 is 0. The van der Waals surface area contributed by atoms with E-state index in [4.69, 9.17) is 10.5 Å². The lowest BCUT2D eigenvalue weighted by Gasteiger charge is -2.50. The Bertz CT molecular complexity index is 706. The number of imide groups is 1. The maximum atomic E-state index is 12.7. The van der Waals surface area contributed by atoms with Gasteiger partial charge in [-0.3, -0.25) is 19.4 Å². The van der Waals surface area contributed by atoms with Crippen molar-refractivity contribution in [3.8, 4) is 0 Å². The highest BCUT2D eigenvalue weighted by atomic mass is 16.6.